The molecule has 0 aromatic heterocycles. The van der Waals surface area contributed by atoms with Gasteiger partial charge in [0.05, 0.1) is 0 Å². The second kappa shape index (κ2) is 1.83. The van der Waals surface area contributed by atoms with Crippen LogP contribution in [-0.2, 0) is 0 Å². The monoisotopic (exact) mass is 146 g/mol. The van der Waals surface area contributed by atoms with Gasteiger partial charge in [-0.15, -0.1) is 0 Å². The van der Waals surface area contributed by atoms with E-state index >= 15 is 0 Å². The van der Waals surface area contributed by atoms with Crippen LogP contribution in [0.25, 0.3) is 0 Å². The zero-order valence-electron chi connectivity index (χ0n) is 4.78. The normalized spacial score (nSPS) is 11.2. The standard InChI is InChI=1S/C5H12Ge/c1-5-6(2,3)4/h5H,1H2,2-4H3. The molecule has 0 spiro atoms. The summed E-state index contributed by atoms with van der Waals surface area (Å²) in [5.74, 6) is 6.94. The van der Waals surface area contributed by atoms with Crippen LogP contribution in [0.5, 0.6) is 0 Å². The van der Waals surface area contributed by atoms with E-state index in [1.807, 2.05) is 0 Å². The van der Waals surface area contributed by atoms with Gasteiger partial charge in [0.25, 0.3) is 0 Å². The molecule has 6 heavy (non-hydrogen) atoms. The van der Waals surface area contributed by atoms with Crippen LogP contribution in [0.4, 0.5) is 0 Å². The molecule has 0 saturated heterocycles. The summed E-state index contributed by atoms with van der Waals surface area (Å²) in [6.45, 7) is 3.72. The Labute approximate surface area is 42.6 Å². The molecule has 0 aromatic rings. The first-order chi connectivity index (χ1) is 2.56. The molecular formula is C5H12Ge. The van der Waals surface area contributed by atoms with Crippen molar-refractivity contribution in [3.63, 3.8) is 0 Å². The van der Waals surface area contributed by atoms with Crippen LogP contribution < -0.4 is 0 Å². The van der Waals surface area contributed by atoms with Gasteiger partial charge in [0.15, 0.2) is 0 Å². The fourth-order valence-corrected chi connectivity index (χ4v) is 0. The fraction of sp³-hybridized carbons (Fsp3) is 0.600. The third kappa shape index (κ3) is 4.28. The molecular weight excluding hydrogens is 133 g/mol. The first-order valence-electron chi connectivity index (χ1n) is 2.20. The molecule has 0 aromatic carbocycles. The Kier molecular flexibility index (Phi) is 1.91. The van der Waals surface area contributed by atoms with E-state index in [1.54, 1.807) is 0 Å². The van der Waals surface area contributed by atoms with Crippen molar-refractivity contribution in [2.24, 2.45) is 0 Å². The molecule has 36 valence electrons. The summed E-state index contributed by atoms with van der Waals surface area (Å²) in [6.07, 6.45) is 0. The Hall–Kier alpha value is 0.283. The van der Waals surface area contributed by atoms with Crippen molar-refractivity contribution in [1.82, 2.24) is 0 Å². The summed E-state index contributed by atoms with van der Waals surface area (Å²) >= 11 is -1.28. The Morgan fingerprint density at radius 3 is 1.50 bits per heavy atom. The topological polar surface area (TPSA) is 0 Å². The third-order valence-corrected chi connectivity index (χ3v) is 3.18. The number of hydrogen-bond acceptors (Lipinski definition) is 0. The van der Waals surface area contributed by atoms with E-state index in [0.717, 1.165) is 0 Å². The SMILES string of the molecule is C=[CH][Ge]([CH3])([CH3])[CH3]. The maximum atomic E-state index is 3.72. The molecule has 1 heteroatoms. The molecule has 0 nitrogen and oxygen atoms in total. The van der Waals surface area contributed by atoms with Crippen molar-refractivity contribution in [3.05, 3.63) is 11.5 Å². The van der Waals surface area contributed by atoms with Gasteiger partial charge in [-0.1, -0.05) is 0 Å². The van der Waals surface area contributed by atoms with Gasteiger partial charge >= 0.3 is 42.0 Å². The van der Waals surface area contributed by atoms with Crippen LogP contribution in [0.15, 0.2) is 11.5 Å². The van der Waals surface area contributed by atoms with Crippen molar-refractivity contribution in [3.8, 4) is 0 Å². The van der Waals surface area contributed by atoms with Gasteiger partial charge in [0.1, 0.15) is 0 Å². The van der Waals surface area contributed by atoms with Crippen LogP contribution in [0.2, 0.25) is 17.3 Å². The van der Waals surface area contributed by atoms with Gasteiger partial charge in [0, 0.05) is 0 Å². The summed E-state index contributed by atoms with van der Waals surface area (Å²) in [5, 5.41) is 0. The van der Waals surface area contributed by atoms with E-state index in [0.29, 0.717) is 0 Å². The maximum absolute atomic E-state index is 3.72. The van der Waals surface area contributed by atoms with Crippen LogP contribution in [-0.4, -0.2) is 13.3 Å². The van der Waals surface area contributed by atoms with Crippen LogP contribution in [0, 0.1) is 0 Å². The molecule has 0 radical (unpaired) electrons. The van der Waals surface area contributed by atoms with E-state index in [-0.39, 0.29) is 0 Å². The minimum absolute atomic E-state index is 1.28. The van der Waals surface area contributed by atoms with E-state index in [1.165, 1.54) is 0 Å². The summed E-state index contributed by atoms with van der Waals surface area (Å²) in [6, 6.07) is 0. The van der Waals surface area contributed by atoms with Gasteiger partial charge in [-0.3, -0.25) is 0 Å². The van der Waals surface area contributed by atoms with Gasteiger partial charge in [0.2, 0.25) is 0 Å². The summed E-state index contributed by atoms with van der Waals surface area (Å²) < 4.78 is 0. The molecule has 0 bridgehead atoms. The molecule has 0 aliphatic rings. The first-order valence-corrected chi connectivity index (χ1v) is 9.70. The second-order valence-corrected chi connectivity index (χ2v) is 13.4. The van der Waals surface area contributed by atoms with Crippen molar-refractivity contribution >= 4 is 13.3 Å². The van der Waals surface area contributed by atoms with Crippen molar-refractivity contribution < 1.29 is 0 Å². The van der Waals surface area contributed by atoms with Gasteiger partial charge < -0.3 is 0 Å². The van der Waals surface area contributed by atoms with Crippen molar-refractivity contribution in [1.29, 1.82) is 0 Å². The van der Waals surface area contributed by atoms with Crippen LogP contribution in [0.3, 0.4) is 0 Å². The predicted octanol–water partition coefficient (Wildman–Crippen LogP) is 2.05. The molecule has 0 atom stereocenters. The zero-order chi connectivity index (χ0) is 5.21. The minimum atomic E-state index is -1.28. The van der Waals surface area contributed by atoms with E-state index in [2.05, 4.69) is 28.8 Å². The van der Waals surface area contributed by atoms with Gasteiger partial charge in [-0.05, 0) is 0 Å². The Bertz CT molecular complexity index is 49.4. The average Bonchev–Trinajstić information content (AvgIpc) is 1.35. The summed E-state index contributed by atoms with van der Waals surface area (Å²) in [4.78, 5) is 2.12. The van der Waals surface area contributed by atoms with E-state index in [4.69, 9.17) is 0 Å². The fourth-order valence-electron chi connectivity index (χ4n) is 0. The van der Waals surface area contributed by atoms with Crippen LogP contribution in [0.1, 0.15) is 0 Å². The first kappa shape index (κ1) is 6.28. The average molecular weight is 145 g/mol. The molecule has 0 heterocycles. The Balaban J connectivity index is 3.45. The molecule has 0 fully saturated rings. The number of hydrogen-bond donors (Lipinski definition) is 0. The molecule has 0 rings (SSSR count). The zero-order valence-corrected chi connectivity index (χ0v) is 6.88. The molecule has 0 aliphatic carbocycles. The number of rotatable bonds is 1. The van der Waals surface area contributed by atoms with Gasteiger partial charge in [-0.2, -0.15) is 0 Å². The Morgan fingerprint density at radius 2 is 1.50 bits per heavy atom. The second-order valence-electron chi connectivity index (χ2n) is 2.57. The van der Waals surface area contributed by atoms with Gasteiger partial charge in [-0.25, -0.2) is 0 Å². The quantitative estimate of drug-likeness (QED) is 0.495. The van der Waals surface area contributed by atoms with E-state index in [9.17, 15) is 0 Å². The summed E-state index contributed by atoms with van der Waals surface area (Å²) in [7, 11) is 0. The van der Waals surface area contributed by atoms with Crippen molar-refractivity contribution in [2.75, 3.05) is 0 Å². The molecule has 0 N–H and O–H groups in total. The predicted molar refractivity (Wildman–Crippen MR) is 33.5 cm³/mol. The summed E-state index contributed by atoms with van der Waals surface area (Å²) in [5.41, 5.74) is 0. The third-order valence-electron chi connectivity index (χ3n) is 0.612. The molecule has 0 unspecified atom stereocenters. The van der Waals surface area contributed by atoms with Crippen molar-refractivity contribution in [2.45, 2.75) is 17.3 Å². The molecule has 0 saturated carbocycles. The van der Waals surface area contributed by atoms with Crippen LogP contribution >= 0.6 is 0 Å². The molecule has 0 aliphatic heterocycles. The van der Waals surface area contributed by atoms with E-state index < -0.39 is 13.3 Å². The Morgan fingerprint density at radius 1 is 1.33 bits per heavy atom. The molecule has 0 amide bonds.